The number of unbranched alkanes of at least 4 members (excludes halogenated alkanes) is 1. The van der Waals surface area contributed by atoms with E-state index in [2.05, 4.69) is 64.3 Å². The lowest BCUT2D eigenvalue weighted by Crippen LogP contribution is -1.87. The Morgan fingerprint density at radius 1 is 0.688 bits per heavy atom. The molecule has 0 bridgehead atoms. The minimum atomic E-state index is 0.0659. The molecule has 2 rings (SSSR count). The number of pyridine rings is 2. The summed E-state index contributed by atoms with van der Waals surface area (Å²) in [4.78, 5) is 8.30. The largest absolute Gasteiger partial charge is 0.395 e. The Hall–Kier alpha value is -3.58. The number of aliphatic hydroxyl groups is 3. The smallest absolute Gasteiger partial charge is 0.114 e. The van der Waals surface area contributed by atoms with Gasteiger partial charge in [0, 0.05) is 49.2 Å². The fraction of sp³-hybridized carbons (Fsp3) is 0.333. The van der Waals surface area contributed by atoms with E-state index in [0.29, 0.717) is 25.0 Å². The summed E-state index contributed by atoms with van der Waals surface area (Å²) in [6.07, 6.45) is 6.66. The van der Waals surface area contributed by atoms with Crippen molar-refractivity contribution in [2.24, 2.45) is 0 Å². The van der Waals surface area contributed by atoms with Gasteiger partial charge in [0.25, 0.3) is 0 Å². The SMILES string of the molecule is CCCC#Cc1cccc(C#CCCO)n1.OCCC#Cc1cncc(C#CCCO)c1. The van der Waals surface area contributed by atoms with Crippen LogP contribution in [0.2, 0.25) is 0 Å². The fourth-order valence-electron chi connectivity index (χ4n) is 2.08. The van der Waals surface area contributed by atoms with Gasteiger partial charge in [0.05, 0.1) is 19.8 Å². The van der Waals surface area contributed by atoms with Crippen molar-refractivity contribution in [1.82, 2.24) is 9.97 Å². The Balaban J connectivity index is 0.000000320. The average Bonchev–Trinajstić information content (AvgIpc) is 2.81. The third-order valence-corrected chi connectivity index (χ3v) is 3.47. The number of aromatic nitrogens is 2. The molecule has 0 aliphatic heterocycles. The lowest BCUT2D eigenvalue weighted by atomic mass is 10.2. The van der Waals surface area contributed by atoms with Crippen molar-refractivity contribution in [2.75, 3.05) is 19.8 Å². The van der Waals surface area contributed by atoms with Crippen LogP contribution in [0, 0.1) is 47.4 Å². The molecule has 0 aromatic carbocycles. The number of rotatable bonds is 4. The molecule has 2 aromatic rings. The van der Waals surface area contributed by atoms with Crippen LogP contribution in [0.25, 0.3) is 0 Å². The molecular weight excluding hydrogens is 400 g/mol. The number of aliphatic hydroxyl groups excluding tert-OH is 3. The van der Waals surface area contributed by atoms with E-state index in [9.17, 15) is 0 Å². The van der Waals surface area contributed by atoms with Gasteiger partial charge in [-0.15, -0.1) is 0 Å². The summed E-state index contributed by atoms with van der Waals surface area (Å²) in [5.41, 5.74) is 3.02. The minimum absolute atomic E-state index is 0.0659. The van der Waals surface area contributed by atoms with E-state index in [4.69, 9.17) is 15.3 Å². The van der Waals surface area contributed by atoms with E-state index >= 15 is 0 Å². The first-order chi connectivity index (χ1) is 15.7. The van der Waals surface area contributed by atoms with Gasteiger partial charge in [-0.3, -0.25) is 4.98 Å². The fourth-order valence-corrected chi connectivity index (χ4v) is 2.08. The third-order valence-electron chi connectivity index (χ3n) is 3.47. The lowest BCUT2D eigenvalue weighted by molar-refractivity contribution is 0.304. The maximum absolute atomic E-state index is 8.60. The van der Waals surface area contributed by atoms with Crippen LogP contribution in [0.3, 0.4) is 0 Å². The molecule has 0 aliphatic rings. The zero-order chi connectivity index (χ0) is 23.3. The number of hydrogen-bond acceptors (Lipinski definition) is 5. The second-order valence-corrected chi connectivity index (χ2v) is 6.25. The van der Waals surface area contributed by atoms with E-state index in [1.165, 1.54) is 0 Å². The molecule has 2 heterocycles. The Morgan fingerprint density at radius 3 is 1.62 bits per heavy atom. The Morgan fingerprint density at radius 2 is 1.16 bits per heavy atom. The molecule has 2 aromatic heterocycles. The van der Waals surface area contributed by atoms with Crippen LogP contribution >= 0.6 is 0 Å². The van der Waals surface area contributed by atoms with E-state index in [-0.39, 0.29) is 19.8 Å². The summed E-state index contributed by atoms with van der Waals surface area (Å²) in [7, 11) is 0. The van der Waals surface area contributed by atoms with Gasteiger partial charge >= 0.3 is 0 Å². The van der Waals surface area contributed by atoms with Crippen LogP contribution in [0.5, 0.6) is 0 Å². The van der Waals surface area contributed by atoms with Gasteiger partial charge in [0.2, 0.25) is 0 Å². The highest BCUT2D eigenvalue weighted by atomic mass is 16.3. The summed E-state index contributed by atoms with van der Waals surface area (Å²) >= 11 is 0. The van der Waals surface area contributed by atoms with Crippen LogP contribution in [0.4, 0.5) is 0 Å². The first kappa shape index (κ1) is 26.5. The lowest BCUT2D eigenvalue weighted by Gasteiger charge is -1.91. The van der Waals surface area contributed by atoms with E-state index < -0.39 is 0 Å². The molecule has 5 nitrogen and oxygen atoms in total. The van der Waals surface area contributed by atoms with E-state index in [0.717, 1.165) is 29.7 Å². The Bertz CT molecular complexity index is 899. The van der Waals surface area contributed by atoms with Crippen molar-refractivity contribution in [3.05, 3.63) is 59.2 Å². The van der Waals surface area contributed by atoms with Gasteiger partial charge < -0.3 is 15.3 Å². The van der Waals surface area contributed by atoms with Crippen molar-refractivity contribution in [3.8, 4) is 47.4 Å². The maximum atomic E-state index is 8.60. The molecule has 32 heavy (non-hydrogen) atoms. The zero-order valence-corrected chi connectivity index (χ0v) is 18.4. The monoisotopic (exact) mass is 428 g/mol. The van der Waals surface area contributed by atoms with Gasteiger partial charge in [-0.2, -0.15) is 0 Å². The average molecular weight is 429 g/mol. The van der Waals surface area contributed by atoms with Gasteiger partial charge in [-0.25, -0.2) is 4.98 Å². The standard InChI is InChI=1S/C14H15NO.C13H13NO2/c1-2-3-4-8-13-10-7-11-14(15-13)9-5-6-12-16;15-7-3-1-5-12-9-13(11-14-10-12)6-2-4-8-16/h7,10-11,16H,2-3,6,12H2,1H3;9-11,15-16H,3-4,7-8H2. The highest BCUT2D eigenvalue weighted by Gasteiger charge is 1.91. The van der Waals surface area contributed by atoms with Crippen LogP contribution in [-0.4, -0.2) is 45.1 Å². The molecule has 0 fully saturated rings. The molecule has 164 valence electrons. The summed E-state index contributed by atoms with van der Waals surface area (Å²) in [6, 6.07) is 7.45. The van der Waals surface area contributed by atoms with Crippen LogP contribution in [0.15, 0.2) is 36.7 Å². The van der Waals surface area contributed by atoms with E-state index in [1.807, 2.05) is 24.3 Å². The maximum Gasteiger partial charge on any atom is 0.114 e. The molecule has 5 heteroatoms. The summed E-state index contributed by atoms with van der Waals surface area (Å²) < 4.78 is 0. The highest BCUT2D eigenvalue weighted by Crippen LogP contribution is 2.00. The predicted octanol–water partition coefficient (Wildman–Crippen LogP) is 2.52. The Labute approximate surface area is 191 Å². The van der Waals surface area contributed by atoms with Gasteiger partial charge in [-0.05, 0) is 36.5 Å². The normalized spacial score (nSPS) is 8.62. The van der Waals surface area contributed by atoms with Gasteiger partial charge in [0.15, 0.2) is 0 Å². The first-order valence-corrected chi connectivity index (χ1v) is 10.4. The van der Waals surface area contributed by atoms with Crippen molar-refractivity contribution in [2.45, 2.75) is 39.0 Å². The number of hydrogen-bond donors (Lipinski definition) is 3. The Kier molecular flexibility index (Phi) is 15.1. The molecule has 0 radical (unpaired) electrons. The minimum Gasteiger partial charge on any atom is -0.395 e. The third kappa shape index (κ3) is 12.9. The quantitative estimate of drug-likeness (QED) is 0.652. The molecule has 0 amide bonds. The molecule has 0 spiro atoms. The predicted molar refractivity (Wildman–Crippen MR) is 126 cm³/mol. The molecule has 0 atom stereocenters. The van der Waals surface area contributed by atoms with Gasteiger partial charge in [0.1, 0.15) is 11.4 Å². The van der Waals surface area contributed by atoms with Gasteiger partial charge in [-0.1, -0.05) is 48.5 Å². The van der Waals surface area contributed by atoms with Crippen molar-refractivity contribution in [1.29, 1.82) is 0 Å². The van der Waals surface area contributed by atoms with Crippen molar-refractivity contribution in [3.63, 3.8) is 0 Å². The topological polar surface area (TPSA) is 86.5 Å². The molecule has 3 N–H and O–H groups in total. The molecular formula is C27H28N2O3. The molecule has 0 aliphatic carbocycles. The number of nitrogens with zero attached hydrogens (tertiary/aromatic N) is 2. The summed E-state index contributed by atoms with van der Waals surface area (Å²) in [6.45, 7) is 2.31. The van der Waals surface area contributed by atoms with Crippen LogP contribution in [0.1, 0.15) is 61.5 Å². The molecule has 0 saturated carbocycles. The second kappa shape index (κ2) is 18.2. The van der Waals surface area contributed by atoms with Crippen LogP contribution < -0.4 is 0 Å². The summed E-state index contributed by atoms with van der Waals surface area (Å²) in [5.74, 6) is 23.2. The molecule has 0 saturated heterocycles. The van der Waals surface area contributed by atoms with E-state index in [1.54, 1.807) is 12.4 Å². The molecule has 0 unspecified atom stereocenters. The first-order valence-electron chi connectivity index (χ1n) is 10.4. The second-order valence-electron chi connectivity index (χ2n) is 6.25. The zero-order valence-electron chi connectivity index (χ0n) is 18.4. The van der Waals surface area contributed by atoms with Crippen LogP contribution in [-0.2, 0) is 0 Å². The highest BCUT2D eigenvalue weighted by molar-refractivity contribution is 5.41. The van der Waals surface area contributed by atoms with Crippen molar-refractivity contribution < 1.29 is 15.3 Å². The summed E-state index contributed by atoms with van der Waals surface area (Å²) in [5, 5.41) is 25.8. The van der Waals surface area contributed by atoms with Crippen molar-refractivity contribution >= 4 is 0 Å².